The largest absolute Gasteiger partial charge is 0.378 e. The minimum Gasteiger partial charge on any atom is -0.378 e. The normalized spacial score (nSPS) is 17.3. The van der Waals surface area contributed by atoms with E-state index in [0.29, 0.717) is 18.8 Å². The number of thiophene rings is 1. The van der Waals surface area contributed by atoms with Crippen LogP contribution < -0.4 is 9.80 Å². The van der Waals surface area contributed by atoms with E-state index < -0.39 is 0 Å². The number of hydrogen-bond donors (Lipinski definition) is 0. The Morgan fingerprint density at radius 1 is 1.06 bits per heavy atom. The first kappa shape index (κ1) is 20.0. The van der Waals surface area contributed by atoms with Crippen LogP contribution in [-0.2, 0) is 11.8 Å². The molecule has 9 nitrogen and oxygen atoms in total. The van der Waals surface area contributed by atoms with E-state index in [1.807, 2.05) is 41.7 Å². The van der Waals surface area contributed by atoms with Gasteiger partial charge >= 0.3 is 0 Å². The van der Waals surface area contributed by atoms with Crippen molar-refractivity contribution in [2.24, 2.45) is 7.05 Å². The molecule has 0 unspecified atom stereocenters. The molecule has 0 spiro atoms. The molecule has 2 saturated heterocycles. The first-order valence-corrected chi connectivity index (χ1v) is 11.3. The lowest BCUT2D eigenvalue weighted by Crippen LogP contribution is -2.49. The molecule has 31 heavy (non-hydrogen) atoms. The lowest BCUT2D eigenvalue weighted by atomic mass is 10.2. The molecule has 0 aromatic carbocycles. The van der Waals surface area contributed by atoms with Crippen LogP contribution in [0.3, 0.4) is 0 Å². The number of carbonyl (C=O) groups is 1. The second-order valence-corrected chi connectivity index (χ2v) is 8.61. The maximum Gasteiger partial charge on any atom is 0.272 e. The molecule has 0 bridgehead atoms. The van der Waals surface area contributed by atoms with Crippen LogP contribution in [0.5, 0.6) is 0 Å². The Hall–Kier alpha value is -2.98. The molecule has 2 fully saturated rings. The molecule has 5 rings (SSSR count). The van der Waals surface area contributed by atoms with Gasteiger partial charge in [-0.3, -0.25) is 9.48 Å². The van der Waals surface area contributed by atoms with Crippen molar-refractivity contribution in [2.75, 3.05) is 62.3 Å². The van der Waals surface area contributed by atoms with Gasteiger partial charge in [0.2, 0.25) is 0 Å². The highest BCUT2D eigenvalue weighted by Gasteiger charge is 2.26. The highest BCUT2D eigenvalue weighted by atomic mass is 32.1. The SMILES string of the molecule is Cn1nc(-c2cccs2)cc1C(=O)N1CCN(c2cc(N3CCOCC3)cnn2)CC1. The number of carbonyl (C=O) groups excluding carboxylic acids is 1. The molecule has 0 saturated carbocycles. The summed E-state index contributed by atoms with van der Waals surface area (Å²) in [4.78, 5) is 20.5. The molecular formula is C21H25N7O2S. The van der Waals surface area contributed by atoms with Gasteiger partial charge in [0, 0.05) is 52.4 Å². The van der Waals surface area contributed by atoms with Crippen molar-refractivity contribution in [2.45, 2.75) is 0 Å². The van der Waals surface area contributed by atoms with Crippen molar-refractivity contribution >= 4 is 28.7 Å². The Bertz CT molecular complexity index is 1040. The summed E-state index contributed by atoms with van der Waals surface area (Å²) in [5.41, 5.74) is 2.53. The molecule has 3 aromatic heterocycles. The van der Waals surface area contributed by atoms with Crippen LogP contribution in [0, 0.1) is 0 Å². The second-order valence-electron chi connectivity index (χ2n) is 7.67. The van der Waals surface area contributed by atoms with Crippen LogP contribution in [0.2, 0.25) is 0 Å². The molecule has 162 valence electrons. The van der Waals surface area contributed by atoms with E-state index >= 15 is 0 Å². The van der Waals surface area contributed by atoms with Crippen LogP contribution in [0.4, 0.5) is 11.5 Å². The second kappa shape index (κ2) is 8.64. The van der Waals surface area contributed by atoms with Gasteiger partial charge in [0.25, 0.3) is 5.91 Å². The number of anilines is 2. The van der Waals surface area contributed by atoms with Gasteiger partial charge in [0.05, 0.1) is 30.0 Å². The van der Waals surface area contributed by atoms with Crippen molar-refractivity contribution in [1.29, 1.82) is 0 Å². The number of nitrogens with zero attached hydrogens (tertiary/aromatic N) is 7. The Labute approximate surface area is 184 Å². The minimum atomic E-state index is 0.0191. The molecule has 0 aliphatic carbocycles. The third-order valence-electron chi connectivity index (χ3n) is 5.77. The Morgan fingerprint density at radius 3 is 2.61 bits per heavy atom. The third-order valence-corrected chi connectivity index (χ3v) is 6.66. The predicted molar refractivity (Wildman–Crippen MR) is 120 cm³/mol. The molecule has 0 atom stereocenters. The van der Waals surface area contributed by atoms with Crippen molar-refractivity contribution in [3.8, 4) is 10.6 Å². The summed E-state index contributed by atoms with van der Waals surface area (Å²) in [6.07, 6.45) is 1.81. The summed E-state index contributed by atoms with van der Waals surface area (Å²) in [6.45, 7) is 5.94. The van der Waals surface area contributed by atoms with E-state index in [-0.39, 0.29) is 5.91 Å². The van der Waals surface area contributed by atoms with Gasteiger partial charge in [-0.2, -0.15) is 10.2 Å². The van der Waals surface area contributed by atoms with Gasteiger partial charge in [-0.15, -0.1) is 16.4 Å². The van der Waals surface area contributed by atoms with E-state index in [4.69, 9.17) is 4.74 Å². The smallest absolute Gasteiger partial charge is 0.272 e. The Kier molecular flexibility index (Phi) is 5.56. The van der Waals surface area contributed by atoms with E-state index in [2.05, 4.69) is 31.2 Å². The Morgan fingerprint density at radius 2 is 1.87 bits per heavy atom. The van der Waals surface area contributed by atoms with Gasteiger partial charge in [-0.05, 0) is 17.5 Å². The number of piperazine rings is 1. The summed E-state index contributed by atoms with van der Waals surface area (Å²) < 4.78 is 7.12. The van der Waals surface area contributed by atoms with Gasteiger partial charge in [-0.1, -0.05) is 6.07 Å². The van der Waals surface area contributed by atoms with Crippen LogP contribution >= 0.6 is 11.3 Å². The average molecular weight is 440 g/mol. The van der Waals surface area contributed by atoms with Gasteiger partial charge < -0.3 is 19.4 Å². The Balaban J connectivity index is 1.24. The quantitative estimate of drug-likeness (QED) is 0.613. The number of aryl methyl sites for hydroxylation is 1. The van der Waals surface area contributed by atoms with Crippen molar-refractivity contribution in [3.63, 3.8) is 0 Å². The first-order chi connectivity index (χ1) is 15.2. The van der Waals surface area contributed by atoms with Crippen molar-refractivity contribution in [1.82, 2.24) is 24.9 Å². The molecule has 0 N–H and O–H groups in total. The van der Waals surface area contributed by atoms with Gasteiger partial charge in [0.1, 0.15) is 11.4 Å². The van der Waals surface area contributed by atoms with E-state index in [9.17, 15) is 4.79 Å². The fourth-order valence-electron chi connectivity index (χ4n) is 4.01. The predicted octanol–water partition coefficient (Wildman–Crippen LogP) is 1.74. The zero-order chi connectivity index (χ0) is 21.2. The first-order valence-electron chi connectivity index (χ1n) is 10.5. The molecule has 2 aliphatic heterocycles. The zero-order valence-electron chi connectivity index (χ0n) is 17.5. The van der Waals surface area contributed by atoms with E-state index in [1.165, 1.54) is 0 Å². The molecule has 3 aromatic rings. The molecule has 5 heterocycles. The van der Waals surface area contributed by atoms with Crippen molar-refractivity contribution in [3.05, 3.63) is 41.5 Å². The number of rotatable bonds is 4. The van der Waals surface area contributed by atoms with Crippen LogP contribution in [0.15, 0.2) is 35.8 Å². The van der Waals surface area contributed by atoms with Crippen LogP contribution in [0.25, 0.3) is 10.6 Å². The number of aromatic nitrogens is 4. The summed E-state index contributed by atoms with van der Waals surface area (Å²) in [5, 5.41) is 15.1. The topological polar surface area (TPSA) is 79.6 Å². The highest BCUT2D eigenvalue weighted by Crippen LogP contribution is 2.25. The number of hydrogen-bond acceptors (Lipinski definition) is 8. The molecule has 0 radical (unpaired) electrons. The van der Waals surface area contributed by atoms with Crippen LogP contribution in [-0.4, -0.2) is 83.3 Å². The summed E-state index contributed by atoms with van der Waals surface area (Å²) in [7, 11) is 1.83. The number of amides is 1. The summed E-state index contributed by atoms with van der Waals surface area (Å²) in [5.74, 6) is 0.877. The number of morpholine rings is 1. The van der Waals surface area contributed by atoms with Gasteiger partial charge in [0.15, 0.2) is 5.82 Å². The zero-order valence-corrected chi connectivity index (χ0v) is 18.3. The van der Waals surface area contributed by atoms with Crippen LogP contribution in [0.1, 0.15) is 10.5 Å². The summed E-state index contributed by atoms with van der Waals surface area (Å²) in [6, 6.07) is 7.99. The standard InChI is InChI=1S/C21H25N7O2S/c1-25-18(14-17(24-25)19-3-2-12-31-19)21(29)28-6-4-27(5-7-28)20-13-16(15-22-23-20)26-8-10-30-11-9-26/h2-3,12-15H,4-11H2,1H3. The maximum atomic E-state index is 13.1. The van der Waals surface area contributed by atoms with Gasteiger partial charge in [-0.25, -0.2) is 0 Å². The lowest BCUT2D eigenvalue weighted by Gasteiger charge is -2.35. The highest BCUT2D eigenvalue weighted by molar-refractivity contribution is 7.13. The minimum absolute atomic E-state index is 0.0191. The third kappa shape index (κ3) is 4.13. The lowest BCUT2D eigenvalue weighted by molar-refractivity contribution is 0.0735. The van der Waals surface area contributed by atoms with E-state index in [1.54, 1.807) is 16.0 Å². The summed E-state index contributed by atoms with van der Waals surface area (Å²) >= 11 is 1.62. The maximum absolute atomic E-state index is 13.1. The van der Waals surface area contributed by atoms with Crippen molar-refractivity contribution < 1.29 is 9.53 Å². The molecule has 1 amide bonds. The molecular weight excluding hydrogens is 414 g/mol. The molecule has 10 heteroatoms. The van der Waals surface area contributed by atoms with E-state index in [0.717, 1.165) is 61.5 Å². The monoisotopic (exact) mass is 439 g/mol. The number of ether oxygens (including phenoxy) is 1. The average Bonchev–Trinajstić information content (AvgIpc) is 3.49. The fourth-order valence-corrected chi connectivity index (χ4v) is 4.69. The molecule has 2 aliphatic rings. The fraction of sp³-hybridized carbons (Fsp3) is 0.429.